The maximum atomic E-state index is 12.3. The second-order valence-corrected chi connectivity index (χ2v) is 6.73. The molecule has 0 aliphatic carbocycles. The molecule has 4 rings (SSSR count). The molecule has 0 unspecified atom stereocenters. The molecule has 0 saturated carbocycles. The van der Waals surface area contributed by atoms with Gasteiger partial charge in [-0.3, -0.25) is 30.7 Å². The highest BCUT2D eigenvalue weighted by atomic mass is 16.6. The molecule has 1 amide bonds. The summed E-state index contributed by atoms with van der Waals surface area (Å²) in [6, 6.07) is 17.7. The minimum absolute atomic E-state index is 0.0261. The highest BCUT2D eigenvalue weighted by Crippen LogP contribution is 2.35. The molecule has 0 radical (unpaired) electrons. The number of benzene rings is 1. The van der Waals surface area contributed by atoms with E-state index in [1.807, 2.05) is 30.3 Å². The lowest BCUT2D eigenvalue weighted by Crippen LogP contribution is -2.30. The van der Waals surface area contributed by atoms with Crippen LogP contribution in [0.25, 0.3) is 0 Å². The Kier molecular flexibility index (Phi) is 6.40. The van der Waals surface area contributed by atoms with Gasteiger partial charge in [-0.2, -0.15) is 0 Å². The number of carbonyl (C=O) groups is 1. The third kappa shape index (κ3) is 5.05. The van der Waals surface area contributed by atoms with E-state index >= 15 is 0 Å². The van der Waals surface area contributed by atoms with Crippen molar-refractivity contribution >= 4 is 29.0 Å². The highest BCUT2D eigenvalue weighted by Gasteiger charge is 2.29. The Morgan fingerprint density at radius 1 is 0.939 bits per heavy atom. The van der Waals surface area contributed by atoms with E-state index < -0.39 is 16.5 Å². The molecule has 33 heavy (non-hydrogen) atoms. The molecule has 0 aliphatic heterocycles. The van der Waals surface area contributed by atoms with Crippen molar-refractivity contribution in [2.75, 3.05) is 10.3 Å². The zero-order valence-corrected chi connectivity index (χ0v) is 17.2. The summed E-state index contributed by atoms with van der Waals surface area (Å²) in [4.78, 5) is 41.8. The molecule has 11 heteroatoms. The molecule has 0 saturated heterocycles. The summed E-state index contributed by atoms with van der Waals surface area (Å²) < 4.78 is 0. The van der Waals surface area contributed by atoms with E-state index in [2.05, 4.69) is 30.8 Å². The van der Waals surface area contributed by atoms with Gasteiger partial charge in [0.15, 0.2) is 0 Å². The first-order valence-corrected chi connectivity index (χ1v) is 9.82. The Bertz CT molecular complexity index is 1240. The number of nitrogens with zero attached hydrogens (tertiary/aromatic N) is 6. The van der Waals surface area contributed by atoms with Gasteiger partial charge in [0.25, 0.3) is 5.91 Å². The molecule has 2 N–H and O–H groups in total. The van der Waals surface area contributed by atoms with Crippen LogP contribution < -0.4 is 15.8 Å². The molecule has 3 aromatic heterocycles. The number of pyridine rings is 2. The molecule has 4 aromatic rings. The van der Waals surface area contributed by atoms with E-state index in [0.29, 0.717) is 11.4 Å². The molecule has 3 heterocycles. The minimum atomic E-state index is -0.600. The van der Waals surface area contributed by atoms with Crippen LogP contribution in [0.1, 0.15) is 15.9 Å². The van der Waals surface area contributed by atoms with Crippen molar-refractivity contribution < 1.29 is 9.72 Å². The van der Waals surface area contributed by atoms with Crippen molar-refractivity contribution in [3.05, 3.63) is 107 Å². The van der Waals surface area contributed by atoms with Crippen molar-refractivity contribution in [1.29, 1.82) is 0 Å². The van der Waals surface area contributed by atoms with E-state index in [-0.39, 0.29) is 18.2 Å². The summed E-state index contributed by atoms with van der Waals surface area (Å²) >= 11 is 0. The molecule has 11 nitrogen and oxygen atoms in total. The number of carbonyl (C=O) groups excluding carboxylic acids is 1. The monoisotopic (exact) mass is 442 g/mol. The van der Waals surface area contributed by atoms with Crippen molar-refractivity contribution in [1.82, 2.24) is 25.4 Å². The molecule has 1 aromatic carbocycles. The quantitative estimate of drug-likeness (QED) is 0.311. The predicted molar refractivity (Wildman–Crippen MR) is 121 cm³/mol. The van der Waals surface area contributed by atoms with Crippen LogP contribution in [0.3, 0.4) is 0 Å². The Hall–Kier alpha value is -4.93. The van der Waals surface area contributed by atoms with E-state index in [4.69, 9.17) is 0 Å². The molecule has 164 valence electrons. The largest absolute Gasteiger partial charge is 0.355 e. The van der Waals surface area contributed by atoms with Gasteiger partial charge in [-0.05, 0) is 29.8 Å². The van der Waals surface area contributed by atoms with Crippen LogP contribution in [0.2, 0.25) is 0 Å². The average molecular weight is 442 g/mol. The molecule has 0 spiro atoms. The molecular formula is C22H18N8O3. The number of rotatable bonds is 8. The van der Waals surface area contributed by atoms with Crippen LogP contribution in [0.5, 0.6) is 0 Å². The van der Waals surface area contributed by atoms with Gasteiger partial charge in [0.05, 0.1) is 11.5 Å². The summed E-state index contributed by atoms with van der Waals surface area (Å²) in [5.74, 6) is -0.174. The Labute approximate surface area is 188 Å². The van der Waals surface area contributed by atoms with Crippen LogP contribution in [0.15, 0.2) is 85.6 Å². The van der Waals surface area contributed by atoms with Crippen LogP contribution >= 0.6 is 0 Å². The summed E-state index contributed by atoms with van der Waals surface area (Å²) in [5.41, 5.74) is 5.78. The molecule has 0 atom stereocenters. The first-order valence-electron chi connectivity index (χ1n) is 9.82. The van der Waals surface area contributed by atoms with Crippen LogP contribution in [0.4, 0.5) is 23.1 Å². The van der Waals surface area contributed by atoms with Crippen molar-refractivity contribution in [2.24, 2.45) is 0 Å². The lowest BCUT2D eigenvalue weighted by atomic mass is 10.2. The number of amides is 1. The van der Waals surface area contributed by atoms with Crippen LogP contribution in [-0.2, 0) is 6.54 Å². The van der Waals surface area contributed by atoms with Gasteiger partial charge in [0, 0.05) is 24.2 Å². The zero-order chi connectivity index (χ0) is 23.0. The summed E-state index contributed by atoms with van der Waals surface area (Å²) in [6.07, 6.45) is 5.71. The Morgan fingerprint density at radius 3 is 2.39 bits per heavy atom. The fourth-order valence-corrected chi connectivity index (χ4v) is 3.06. The predicted octanol–water partition coefficient (Wildman–Crippen LogP) is 3.27. The van der Waals surface area contributed by atoms with Crippen LogP contribution in [0, 0.1) is 10.1 Å². The van der Waals surface area contributed by atoms with Crippen LogP contribution in [-0.4, -0.2) is 30.8 Å². The van der Waals surface area contributed by atoms with E-state index in [0.717, 1.165) is 5.56 Å². The number of hydrazine groups is 1. The van der Waals surface area contributed by atoms with Gasteiger partial charge in [-0.15, -0.1) is 0 Å². The van der Waals surface area contributed by atoms with Gasteiger partial charge < -0.3 is 4.90 Å². The second-order valence-electron chi connectivity index (χ2n) is 6.73. The number of anilines is 3. The Balaban J connectivity index is 1.70. The highest BCUT2D eigenvalue weighted by molar-refractivity contribution is 5.95. The lowest BCUT2D eigenvalue weighted by molar-refractivity contribution is -0.383. The number of nitrogens with one attached hydrogen (secondary N) is 2. The third-order valence-corrected chi connectivity index (χ3v) is 4.59. The maximum absolute atomic E-state index is 12.3. The fourth-order valence-electron chi connectivity index (χ4n) is 3.06. The number of aromatic nitrogens is 4. The van der Waals surface area contributed by atoms with Gasteiger partial charge in [0.2, 0.25) is 11.6 Å². The number of hydrogen-bond donors (Lipinski definition) is 2. The van der Waals surface area contributed by atoms with Gasteiger partial charge >= 0.3 is 5.69 Å². The topological polar surface area (TPSA) is 139 Å². The number of hydrogen-bond acceptors (Lipinski definition) is 9. The van der Waals surface area contributed by atoms with Crippen molar-refractivity contribution in [2.45, 2.75) is 6.54 Å². The van der Waals surface area contributed by atoms with E-state index in [1.165, 1.54) is 30.9 Å². The fraction of sp³-hybridized carbons (Fsp3) is 0.0455. The lowest BCUT2D eigenvalue weighted by Gasteiger charge is -2.23. The zero-order valence-electron chi connectivity index (χ0n) is 17.2. The minimum Gasteiger partial charge on any atom is -0.301 e. The van der Waals surface area contributed by atoms with Crippen molar-refractivity contribution in [3.63, 3.8) is 0 Å². The van der Waals surface area contributed by atoms with Gasteiger partial charge in [-0.25, -0.2) is 15.0 Å². The SMILES string of the molecule is O=C(NNc1ncnc(N(Cc2ccccc2)c2ccccn2)c1[N+](=O)[O-])c1ccncc1. The third-order valence-electron chi connectivity index (χ3n) is 4.59. The van der Waals surface area contributed by atoms with E-state index in [1.54, 1.807) is 29.3 Å². The first kappa shape index (κ1) is 21.3. The first-order chi connectivity index (χ1) is 16.1. The van der Waals surface area contributed by atoms with Crippen molar-refractivity contribution in [3.8, 4) is 0 Å². The summed E-state index contributed by atoms with van der Waals surface area (Å²) in [7, 11) is 0. The molecule has 0 fully saturated rings. The average Bonchev–Trinajstić information content (AvgIpc) is 2.87. The van der Waals surface area contributed by atoms with Gasteiger partial charge in [-0.1, -0.05) is 36.4 Å². The van der Waals surface area contributed by atoms with E-state index in [9.17, 15) is 14.9 Å². The molecular weight excluding hydrogens is 424 g/mol. The molecule has 0 bridgehead atoms. The maximum Gasteiger partial charge on any atom is 0.355 e. The normalized spacial score (nSPS) is 10.3. The number of nitro groups is 1. The Morgan fingerprint density at radius 2 is 1.70 bits per heavy atom. The smallest absolute Gasteiger partial charge is 0.301 e. The molecule has 0 aliphatic rings. The second kappa shape index (κ2) is 9.92. The summed E-state index contributed by atoms with van der Waals surface area (Å²) in [6.45, 7) is 0.276. The summed E-state index contributed by atoms with van der Waals surface area (Å²) in [5, 5.41) is 12.1. The standard InChI is InChI=1S/C22H18N8O3/c31-22(17-9-12-23-13-10-17)28-27-20-19(30(32)33)21(26-15-25-20)29(18-8-4-5-11-24-18)14-16-6-2-1-3-7-16/h1-13,15H,14H2,(H,28,31)(H,25,26,27). The van der Waals surface area contributed by atoms with Gasteiger partial charge in [0.1, 0.15) is 12.1 Å².